The van der Waals surface area contributed by atoms with Crippen LogP contribution in [-0.2, 0) is 21.9 Å². The lowest BCUT2D eigenvalue weighted by atomic mass is 10.1. The van der Waals surface area contributed by atoms with Gasteiger partial charge in [0.15, 0.2) is 0 Å². The number of furan rings is 1. The van der Waals surface area contributed by atoms with Crippen molar-refractivity contribution in [1.82, 2.24) is 4.90 Å². The molecule has 0 bridgehead atoms. The van der Waals surface area contributed by atoms with E-state index in [4.69, 9.17) is 16.0 Å². The molecule has 2 heterocycles. The van der Waals surface area contributed by atoms with Gasteiger partial charge < -0.3 is 4.42 Å². The summed E-state index contributed by atoms with van der Waals surface area (Å²) in [4.78, 5) is 28.0. The highest BCUT2D eigenvalue weighted by Crippen LogP contribution is 2.38. The van der Waals surface area contributed by atoms with Gasteiger partial charge in [-0.05, 0) is 35.4 Å². The lowest BCUT2D eigenvalue weighted by molar-refractivity contribution is -0.137. The number of thioether (sulfide) groups is 1. The zero-order valence-corrected chi connectivity index (χ0v) is 16.4. The molecule has 3 aromatic rings. The molecular weight excluding hydrogens is 394 g/mol. The van der Waals surface area contributed by atoms with Crippen molar-refractivity contribution in [1.29, 1.82) is 0 Å². The number of imide groups is 1. The molecule has 140 valence electrons. The number of carbonyl (C=O) groups excluding carboxylic acids is 2. The van der Waals surface area contributed by atoms with Gasteiger partial charge in [0.2, 0.25) is 0 Å². The minimum absolute atomic E-state index is 0.237. The molecule has 0 spiro atoms. The largest absolute Gasteiger partial charge is 0.468 e. The first-order chi connectivity index (χ1) is 13.6. The molecule has 0 fully saturated rings. The highest BCUT2D eigenvalue weighted by Gasteiger charge is 2.39. The summed E-state index contributed by atoms with van der Waals surface area (Å²) >= 11 is 7.30. The first kappa shape index (κ1) is 18.6. The van der Waals surface area contributed by atoms with Gasteiger partial charge in [-0.15, -0.1) is 11.8 Å². The van der Waals surface area contributed by atoms with Crippen LogP contribution >= 0.6 is 23.4 Å². The van der Waals surface area contributed by atoms with Crippen LogP contribution in [0.15, 0.2) is 82.3 Å². The molecule has 0 aliphatic carbocycles. The molecule has 1 aromatic heterocycles. The summed E-state index contributed by atoms with van der Waals surface area (Å²) in [6, 6.07) is 20.1. The molecule has 2 amide bonds. The van der Waals surface area contributed by atoms with Crippen LogP contribution in [0.4, 0.5) is 0 Å². The van der Waals surface area contributed by atoms with Crippen LogP contribution in [0.3, 0.4) is 0 Å². The summed E-state index contributed by atoms with van der Waals surface area (Å²) in [5.41, 5.74) is 1.99. The molecule has 0 radical (unpaired) electrons. The maximum absolute atomic E-state index is 13.2. The Bertz CT molecular complexity index is 1030. The maximum atomic E-state index is 13.2. The second-order valence-corrected chi connectivity index (χ2v) is 7.68. The standard InChI is InChI=1S/C22H16ClNO3S/c23-17-10-8-16(9-11-17)19-20(28-14-18-7-4-12-27-18)22(26)24(21(19)25)13-15-5-2-1-3-6-15/h1-12H,13-14H2. The van der Waals surface area contributed by atoms with E-state index in [1.807, 2.05) is 36.4 Å². The van der Waals surface area contributed by atoms with Crippen molar-refractivity contribution in [3.05, 3.63) is 99.8 Å². The molecule has 4 nitrogen and oxygen atoms in total. The predicted octanol–water partition coefficient (Wildman–Crippen LogP) is 5.15. The molecular formula is C22H16ClNO3S. The van der Waals surface area contributed by atoms with E-state index in [1.165, 1.54) is 16.7 Å². The van der Waals surface area contributed by atoms with Gasteiger partial charge in [0.25, 0.3) is 11.8 Å². The van der Waals surface area contributed by atoms with E-state index >= 15 is 0 Å². The Balaban J connectivity index is 1.67. The molecule has 2 aromatic carbocycles. The second kappa shape index (κ2) is 8.09. The Morgan fingerprint density at radius 3 is 2.32 bits per heavy atom. The van der Waals surface area contributed by atoms with Crippen LogP contribution in [0, 0.1) is 0 Å². The zero-order valence-electron chi connectivity index (χ0n) is 14.8. The van der Waals surface area contributed by atoms with Gasteiger partial charge in [-0.25, -0.2) is 0 Å². The summed E-state index contributed by atoms with van der Waals surface area (Å²) < 4.78 is 5.36. The van der Waals surface area contributed by atoms with Crippen LogP contribution in [0.2, 0.25) is 5.02 Å². The van der Waals surface area contributed by atoms with Crippen LogP contribution in [0.1, 0.15) is 16.9 Å². The third-order valence-corrected chi connectivity index (χ3v) is 5.73. The summed E-state index contributed by atoms with van der Waals surface area (Å²) in [5, 5.41) is 0.576. The van der Waals surface area contributed by atoms with Gasteiger partial charge in [0.1, 0.15) is 5.76 Å². The monoisotopic (exact) mass is 409 g/mol. The van der Waals surface area contributed by atoms with Crippen molar-refractivity contribution in [3.63, 3.8) is 0 Å². The average Bonchev–Trinajstić information content (AvgIpc) is 3.30. The average molecular weight is 410 g/mol. The molecule has 0 saturated carbocycles. The van der Waals surface area contributed by atoms with Crippen molar-refractivity contribution in [2.24, 2.45) is 0 Å². The van der Waals surface area contributed by atoms with E-state index in [-0.39, 0.29) is 18.4 Å². The van der Waals surface area contributed by atoms with Crippen molar-refractivity contribution >= 4 is 40.8 Å². The van der Waals surface area contributed by atoms with Crippen LogP contribution < -0.4 is 0 Å². The fourth-order valence-corrected chi connectivity index (χ4v) is 4.17. The second-order valence-electron chi connectivity index (χ2n) is 6.26. The topological polar surface area (TPSA) is 50.5 Å². The normalized spacial score (nSPS) is 14.2. The smallest absolute Gasteiger partial charge is 0.268 e. The van der Waals surface area contributed by atoms with Crippen molar-refractivity contribution < 1.29 is 14.0 Å². The number of halogens is 1. The number of nitrogens with zero attached hydrogens (tertiary/aromatic N) is 1. The van der Waals surface area contributed by atoms with Crippen molar-refractivity contribution in [3.8, 4) is 0 Å². The number of rotatable bonds is 6. The fraction of sp³-hybridized carbons (Fsp3) is 0.0909. The third kappa shape index (κ3) is 3.77. The minimum atomic E-state index is -0.293. The van der Waals surface area contributed by atoms with Crippen molar-refractivity contribution in [2.45, 2.75) is 12.3 Å². The van der Waals surface area contributed by atoms with Gasteiger partial charge >= 0.3 is 0 Å². The predicted molar refractivity (Wildman–Crippen MR) is 110 cm³/mol. The van der Waals surface area contributed by atoms with Gasteiger partial charge in [0, 0.05) is 5.02 Å². The summed E-state index contributed by atoms with van der Waals surface area (Å²) in [7, 11) is 0. The molecule has 0 unspecified atom stereocenters. The van der Waals surface area contributed by atoms with E-state index in [2.05, 4.69) is 0 Å². The molecule has 0 N–H and O–H groups in total. The van der Waals surface area contributed by atoms with E-state index in [9.17, 15) is 9.59 Å². The summed E-state index contributed by atoms with van der Waals surface area (Å²) in [5.74, 6) is 0.639. The lowest BCUT2D eigenvalue weighted by Gasteiger charge is -2.15. The first-order valence-electron chi connectivity index (χ1n) is 8.69. The molecule has 28 heavy (non-hydrogen) atoms. The molecule has 1 aliphatic heterocycles. The Morgan fingerprint density at radius 2 is 1.64 bits per heavy atom. The lowest BCUT2D eigenvalue weighted by Crippen LogP contribution is -2.30. The van der Waals surface area contributed by atoms with E-state index < -0.39 is 0 Å². The molecule has 0 atom stereocenters. The van der Waals surface area contributed by atoms with E-state index in [0.29, 0.717) is 26.8 Å². The third-order valence-electron chi connectivity index (χ3n) is 4.38. The van der Waals surface area contributed by atoms with Gasteiger partial charge in [-0.2, -0.15) is 0 Å². The van der Waals surface area contributed by atoms with E-state index in [1.54, 1.807) is 36.6 Å². The van der Waals surface area contributed by atoms with Crippen LogP contribution in [-0.4, -0.2) is 16.7 Å². The molecule has 4 rings (SSSR count). The van der Waals surface area contributed by atoms with E-state index in [0.717, 1.165) is 11.3 Å². The molecule has 0 saturated heterocycles. The number of carbonyl (C=O) groups is 2. The highest BCUT2D eigenvalue weighted by molar-refractivity contribution is 8.03. The SMILES string of the molecule is O=C1C(SCc2ccco2)=C(c2ccc(Cl)cc2)C(=O)N1Cc1ccccc1. The Hall–Kier alpha value is -2.76. The van der Waals surface area contributed by atoms with Gasteiger partial charge in [-0.1, -0.05) is 54.1 Å². The zero-order chi connectivity index (χ0) is 19.5. The fourth-order valence-electron chi connectivity index (χ4n) is 3.01. The van der Waals surface area contributed by atoms with Crippen LogP contribution in [0.5, 0.6) is 0 Å². The Labute approximate surface area is 171 Å². The Kier molecular flexibility index (Phi) is 5.37. The van der Waals surface area contributed by atoms with Gasteiger partial charge in [0.05, 0.1) is 29.0 Å². The quantitative estimate of drug-likeness (QED) is 0.528. The first-order valence-corrected chi connectivity index (χ1v) is 10.1. The number of benzene rings is 2. The van der Waals surface area contributed by atoms with Crippen LogP contribution in [0.25, 0.3) is 5.57 Å². The number of hydrogen-bond acceptors (Lipinski definition) is 4. The molecule has 6 heteroatoms. The van der Waals surface area contributed by atoms with Gasteiger partial charge in [-0.3, -0.25) is 14.5 Å². The highest BCUT2D eigenvalue weighted by atomic mass is 35.5. The maximum Gasteiger partial charge on any atom is 0.268 e. The Morgan fingerprint density at radius 1 is 0.893 bits per heavy atom. The number of amides is 2. The number of hydrogen-bond donors (Lipinski definition) is 0. The molecule has 1 aliphatic rings. The summed E-state index contributed by atoms with van der Waals surface area (Å²) in [6.07, 6.45) is 1.59. The minimum Gasteiger partial charge on any atom is -0.468 e. The van der Waals surface area contributed by atoms with Crippen molar-refractivity contribution in [2.75, 3.05) is 0 Å². The summed E-state index contributed by atoms with van der Waals surface area (Å²) in [6.45, 7) is 0.237.